The number of nitrogens with two attached hydrogens (primary N) is 1. The lowest BCUT2D eigenvalue weighted by Gasteiger charge is -2.34. The van der Waals surface area contributed by atoms with Crippen LogP contribution < -0.4 is 11.1 Å². The highest BCUT2D eigenvalue weighted by atomic mass is 16.5. The minimum absolute atomic E-state index is 0.0411. The second-order valence-corrected chi connectivity index (χ2v) is 6.28. The first-order chi connectivity index (χ1) is 10.6. The zero-order valence-corrected chi connectivity index (χ0v) is 13.5. The number of hydrogen-bond donors (Lipinski definition) is 2. The van der Waals surface area contributed by atoms with Gasteiger partial charge in [0.05, 0.1) is 12.7 Å². The van der Waals surface area contributed by atoms with E-state index in [1.807, 2.05) is 30.3 Å². The molecule has 2 unspecified atom stereocenters. The Kier molecular flexibility index (Phi) is 6.36. The van der Waals surface area contributed by atoms with Crippen molar-refractivity contribution in [3.63, 3.8) is 0 Å². The molecule has 0 bridgehead atoms. The van der Waals surface area contributed by atoms with Gasteiger partial charge in [-0.2, -0.15) is 0 Å². The van der Waals surface area contributed by atoms with Crippen LogP contribution in [0.3, 0.4) is 0 Å². The van der Waals surface area contributed by atoms with Crippen LogP contribution in [0.1, 0.15) is 25.5 Å². The van der Waals surface area contributed by atoms with Crippen LogP contribution in [0.25, 0.3) is 0 Å². The van der Waals surface area contributed by atoms with Gasteiger partial charge in [-0.15, -0.1) is 0 Å². The molecule has 5 heteroatoms. The predicted octanol–water partition coefficient (Wildman–Crippen LogP) is 1.16. The average molecular weight is 305 g/mol. The number of nitrogens with one attached hydrogen (secondary N) is 1. The summed E-state index contributed by atoms with van der Waals surface area (Å²) in [5.74, 6) is 0.482. The normalized spacial score (nSPS) is 20.8. The van der Waals surface area contributed by atoms with E-state index >= 15 is 0 Å². The Balaban J connectivity index is 1.78. The summed E-state index contributed by atoms with van der Waals surface area (Å²) >= 11 is 0. The van der Waals surface area contributed by atoms with Gasteiger partial charge in [0, 0.05) is 26.2 Å². The van der Waals surface area contributed by atoms with Gasteiger partial charge < -0.3 is 15.8 Å². The molecule has 1 aromatic rings. The number of benzene rings is 1. The molecular weight excluding hydrogens is 278 g/mol. The van der Waals surface area contributed by atoms with E-state index in [1.54, 1.807) is 0 Å². The van der Waals surface area contributed by atoms with Crippen molar-refractivity contribution in [3.8, 4) is 0 Å². The third-order valence-electron chi connectivity index (χ3n) is 3.79. The SMILES string of the molecule is CC(C)CN1CCOC(CNC(=O)C(N)c2ccccc2)C1. The number of carbonyl (C=O) groups is 1. The topological polar surface area (TPSA) is 67.6 Å². The first kappa shape index (κ1) is 16.9. The maximum Gasteiger partial charge on any atom is 0.241 e. The van der Waals surface area contributed by atoms with Gasteiger partial charge in [-0.1, -0.05) is 44.2 Å². The number of ether oxygens (including phenoxy) is 1. The predicted molar refractivity (Wildman–Crippen MR) is 87.4 cm³/mol. The lowest BCUT2D eigenvalue weighted by atomic mass is 10.1. The summed E-state index contributed by atoms with van der Waals surface area (Å²) in [6.45, 7) is 8.55. The van der Waals surface area contributed by atoms with E-state index in [-0.39, 0.29) is 12.0 Å². The molecule has 1 aliphatic heterocycles. The fraction of sp³-hybridized carbons (Fsp3) is 0.588. The van der Waals surface area contributed by atoms with Crippen molar-refractivity contribution < 1.29 is 9.53 Å². The lowest BCUT2D eigenvalue weighted by molar-refractivity contribution is -0.123. The van der Waals surface area contributed by atoms with Crippen molar-refractivity contribution >= 4 is 5.91 Å². The van der Waals surface area contributed by atoms with Gasteiger partial charge in [-0.05, 0) is 11.5 Å². The van der Waals surface area contributed by atoms with Crippen LogP contribution in [0.15, 0.2) is 30.3 Å². The van der Waals surface area contributed by atoms with E-state index in [9.17, 15) is 4.79 Å². The van der Waals surface area contributed by atoms with Crippen molar-refractivity contribution in [2.75, 3.05) is 32.8 Å². The van der Waals surface area contributed by atoms with Crippen molar-refractivity contribution in [1.29, 1.82) is 0 Å². The number of morpholine rings is 1. The highest BCUT2D eigenvalue weighted by Gasteiger charge is 2.22. The average Bonchev–Trinajstić information content (AvgIpc) is 2.52. The van der Waals surface area contributed by atoms with Gasteiger partial charge >= 0.3 is 0 Å². The largest absolute Gasteiger partial charge is 0.374 e. The summed E-state index contributed by atoms with van der Waals surface area (Å²) in [7, 11) is 0. The van der Waals surface area contributed by atoms with Gasteiger partial charge in [0.1, 0.15) is 6.04 Å². The Morgan fingerprint density at radius 1 is 1.41 bits per heavy atom. The molecule has 1 amide bonds. The molecular formula is C17H27N3O2. The molecule has 1 saturated heterocycles. The molecule has 2 atom stereocenters. The molecule has 0 aliphatic carbocycles. The zero-order chi connectivity index (χ0) is 15.9. The van der Waals surface area contributed by atoms with E-state index < -0.39 is 6.04 Å². The van der Waals surface area contributed by atoms with E-state index in [0.29, 0.717) is 12.5 Å². The Morgan fingerprint density at radius 3 is 2.82 bits per heavy atom. The van der Waals surface area contributed by atoms with Crippen LogP contribution in [-0.2, 0) is 9.53 Å². The highest BCUT2D eigenvalue weighted by Crippen LogP contribution is 2.10. The van der Waals surface area contributed by atoms with Gasteiger partial charge in [-0.3, -0.25) is 9.69 Å². The lowest BCUT2D eigenvalue weighted by Crippen LogP contribution is -2.49. The van der Waals surface area contributed by atoms with Gasteiger partial charge in [0.2, 0.25) is 5.91 Å². The second kappa shape index (κ2) is 8.27. The van der Waals surface area contributed by atoms with Crippen molar-refractivity contribution in [2.45, 2.75) is 26.0 Å². The van der Waals surface area contributed by atoms with E-state index in [4.69, 9.17) is 10.5 Å². The van der Waals surface area contributed by atoms with Crippen LogP contribution >= 0.6 is 0 Å². The molecule has 22 heavy (non-hydrogen) atoms. The van der Waals surface area contributed by atoms with E-state index in [0.717, 1.165) is 31.8 Å². The highest BCUT2D eigenvalue weighted by molar-refractivity contribution is 5.82. The summed E-state index contributed by atoms with van der Waals surface area (Å²) < 4.78 is 5.73. The molecule has 1 fully saturated rings. The Bertz CT molecular complexity index is 464. The molecule has 1 aliphatic rings. The first-order valence-corrected chi connectivity index (χ1v) is 7.98. The summed E-state index contributed by atoms with van der Waals surface area (Å²) in [6, 6.07) is 8.79. The molecule has 122 valence electrons. The molecule has 5 nitrogen and oxygen atoms in total. The third kappa shape index (κ3) is 5.09. The first-order valence-electron chi connectivity index (χ1n) is 7.98. The minimum atomic E-state index is -0.628. The van der Waals surface area contributed by atoms with Crippen molar-refractivity contribution in [3.05, 3.63) is 35.9 Å². The fourth-order valence-electron chi connectivity index (χ4n) is 2.72. The summed E-state index contributed by atoms with van der Waals surface area (Å²) in [5.41, 5.74) is 6.81. The molecule has 3 N–H and O–H groups in total. The summed E-state index contributed by atoms with van der Waals surface area (Å²) in [5, 5.41) is 2.91. The van der Waals surface area contributed by atoms with Crippen LogP contribution in [0.2, 0.25) is 0 Å². The van der Waals surface area contributed by atoms with Gasteiger partial charge in [0.25, 0.3) is 0 Å². The number of nitrogens with zero attached hydrogens (tertiary/aromatic N) is 1. The molecule has 0 radical (unpaired) electrons. The maximum atomic E-state index is 12.1. The van der Waals surface area contributed by atoms with Crippen molar-refractivity contribution in [1.82, 2.24) is 10.2 Å². The van der Waals surface area contributed by atoms with Crippen LogP contribution in [0.4, 0.5) is 0 Å². The molecule has 1 heterocycles. The number of rotatable bonds is 6. The molecule has 2 rings (SSSR count). The third-order valence-corrected chi connectivity index (χ3v) is 3.79. The van der Waals surface area contributed by atoms with Gasteiger partial charge in [-0.25, -0.2) is 0 Å². The standard InChI is InChI=1S/C17H27N3O2/c1-13(2)11-20-8-9-22-15(12-20)10-19-17(21)16(18)14-6-4-3-5-7-14/h3-7,13,15-16H,8-12,18H2,1-2H3,(H,19,21). The zero-order valence-electron chi connectivity index (χ0n) is 13.5. The molecule has 0 aromatic heterocycles. The monoisotopic (exact) mass is 305 g/mol. The Labute approximate surface area is 132 Å². The van der Waals surface area contributed by atoms with Crippen LogP contribution in [0, 0.1) is 5.92 Å². The molecule has 0 spiro atoms. The Hall–Kier alpha value is -1.43. The number of amides is 1. The van der Waals surface area contributed by atoms with Crippen LogP contribution in [0.5, 0.6) is 0 Å². The maximum absolute atomic E-state index is 12.1. The summed E-state index contributed by atoms with van der Waals surface area (Å²) in [4.78, 5) is 14.5. The smallest absolute Gasteiger partial charge is 0.241 e. The Morgan fingerprint density at radius 2 is 2.14 bits per heavy atom. The second-order valence-electron chi connectivity index (χ2n) is 6.28. The number of carbonyl (C=O) groups excluding carboxylic acids is 1. The molecule has 1 aromatic carbocycles. The number of hydrogen-bond acceptors (Lipinski definition) is 4. The van der Waals surface area contributed by atoms with Crippen molar-refractivity contribution in [2.24, 2.45) is 11.7 Å². The summed E-state index contributed by atoms with van der Waals surface area (Å²) in [6.07, 6.45) is 0.0411. The fourth-order valence-corrected chi connectivity index (χ4v) is 2.72. The van der Waals surface area contributed by atoms with E-state index in [1.165, 1.54) is 0 Å². The van der Waals surface area contributed by atoms with Crippen LogP contribution in [-0.4, -0.2) is 49.7 Å². The molecule has 0 saturated carbocycles. The van der Waals surface area contributed by atoms with E-state index in [2.05, 4.69) is 24.1 Å². The minimum Gasteiger partial charge on any atom is -0.374 e. The quantitative estimate of drug-likeness (QED) is 0.827. The van der Waals surface area contributed by atoms with Gasteiger partial charge in [0.15, 0.2) is 0 Å².